The van der Waals surface area contributed by atoms with Crippen LogP contribution in [0, 0.1) is 0 Å². The Bertz CT molecular complexity index is 346. The molecule has 0 bridgehead atoms. The average molecular weight is 334 g/mol. The second-order valence-electron chi connectivity index (χ2n) is 5.72. The summed E-state index contributed by atoms with van der Waals surface area (Å²) in [5, 5.41) is 9.50. The van der Waals surface area contributed by atoms with Crippen LogP contribution in [0.2, 0.25) is 0 Å². The molecule has 1 N–H and O–H groups in total. The molecule has 0 spiro atoms. The molecular formula is C15H31AlO6. The highest BCUT2D eigenvalue weighted by molar-refractivity contribution is 6.08. The first-order valence-electron chi connectivity index (χ1n) is 7.33. The Labute approximate surface area is 143 Å². The van der Waals surface area contributed by atoms with Gasteiger partial charge in [0.1, 0.15) is 0 Å². The summed E-state index contributed by atoms with van der Waals surface area (Å²) in [5.41, 5.74) is -1.96. The molecule has 6 nitrogen and oxygen atoms in total. The van der Waals surface area contributed by atoms with E-state index in [9.17, 15) is 14.7 Å². The molecule has 0 rings (SSSR count). The molecule has 0 aromatic carbocycles. The van der Waals surface area contributed by atoms with Gasteiger partial charge in [-0.25, -0.2) is 4.79 Å². The van der Waals surface area contributed by atoms with E-state index in [0.717, 1.165) is 0 Å². The lowest BCUT2D eigenvalue weighted by molar-refractivity contribution is -0.215. The lowest BCUT2D eigenvalue weighted by Gasteiger charge is -2.33. The molecule has 1 unspecified atom stereocenters. The maximum absolute atomic E-state index is 12.7. The second kappa shape index (κ2) is 10.4. The van der Waals surface area contributed by atoms with Crippen LogP contribution < -0.4 is 0 Å². The molecule has 0 aliphatic carbocycles. The maximum Gasteiger partial charge on any atom is 0.344 e. The third kappa shape index (κ3) is 6.76. The zero-order valence-corrected chi connectivity index (χ0v) is 14.0. The first-order chi connectivity index (χ1) is 9.56. The third-order valence-electron chi connectivity index (χ3n) is 2.68. The summed E-state index contributed by atoms with van der Waals surface area (Å²) >= 11 is 0. The van der Waals surface area contributed by atoms with E-state index in [4.69, 9.17) is 14.2 Å². The van der Waals surface area contributed by atoms with Crippen molar-refractivity contribution in [1.82, 2.24) is 0 Å². The van der Waals surface area contributed by atoms with E-state index in [1.54, 1.807) is 48.5 Å². The molecule has 1 atom stereocenters. The standard InChI is InChI=1S/C15H28O6.Al.3H/c1-8-15(14(17)18,21-11(6)7)12(16)13(19-9(2)3)20-10(4)5;;;;/h9-11,13H,8H2,1-7H3,(H,17,18);;;;. The van der Waals surface area contributed by atoms with Gasteiger partial charge < -0.3 is 19.3 Å². The molecule has 0 radical (unpaired) electrons. The number of rotatable bonds is 10. The Morgan fingerprint density at radius 1 is 0.955 bits per heavy atom. The number of Topliss-reactive ketones (excluding diaryl/α,β-unsaturated/α-hetero) is 1. The van der Waals surface area contributed by atoms with Gasteiger partial charge in [0.2, 0.25) is 17.7 Å². The van der Waals surface area contributed by atoms with Crippen molar-refractivity contribution in [2.24, 2.45) is 0 Å². The summed E-state index contributed by atoms with van der Waals surface area (Å²) in [7, 11) is 0. The summed E-state index contributed by atoms with van der Waals surface area (Å²) in [4.78, 5) is 24.3. The zero-order chi connectivity index (χ0) is 16.8. The van der Waals surface area contributed by atoms with Crippen LogP contribution in [0.15, 0.2) is 0 Å². The number of carboxylic acid groups (broad SMARTS) is 1. The number of ketones is 1. The molecule has 0 aromatic heterocycles. The Morgan fingerprint density at radius 2 is 1.36 bits per heavy atom. The van der Waals surface area contributed by atoms with Crippen LogP contribution in [-0.2, 0) is 23.8 Å². The molecule has 0 saturated heterocycles. The van der Waals surface area contributed by atoms with E-state index in [1.165, 1.54) is 0 Å². The van der Waals surface area contributed by atoms with Gasteiger partial charge in [0.05, 0.1) is 18.3 Å². The largest absolute Gasteiger partial charge is 0.479 e. The summed E-state index contributed by atoms with van der Waals surface area (Å²) in [6.07, 6.45) is -2.23. The van der Waals surface area contributed by atoms with Crippen molar-refractivity contribution in [3.63, 3.8) is 0 Å². The van der Waals surface area contributed by atoms with E-state index in [0.29, 0.717) is 0 Å². The molecule has 0 aliphatic rings. The first-order valence-corrected chi connectivity index (χ1v) is 7.33. The molecule has 7 heteroatoms. The highest BCUT2D eigenvalue weighted by Crippen LogP contribution is 2.24. The van der Waals surface area contributed by atoms with Gasteiger partial charge in [0, 0.05) is 0 Å². The minimum absolute atomic E-state index is 0. The van der Waals surface area contributed by atoms with Crippen molar-refractivity contribution in [3.05, 3.63) is 0 Å². The summed E-state index contributed by atoms with van der Waals surface area (Å²) in [6.45, 7) is 12.0. The van der Waals surface area contributed by atoms with Crippen molar-refractivity contribution < 1.29 is 28.9 Å². The van der Waals surface area contributed by atoms with Crippen molar-refractivity contribution in [1.29, 1.82) is 0 Å². The quantitative estimate of drug-likeness (QED) is 0.367. The molecule has 0 amide bonds. The minimum atomic E-state index is -1.96. The predicted octanol–water partition coefficient (Wildman–Crippen LogP) is 1.21. The minimum Gasteiger partial charge on any atom is -0.479 e. The normalized spacial score (nSPS) is 14.3. The highest BCUT2D eigenvalue weighted by atomic mass is 27.0. The van der Waals surface area contributed by atoms with E-state index < -0.39 is 29.7 Å². The molecule has 130 valence electrons. The predicted molar refractivity (Wildman–Crippen MR) is 88.1 cm³/mol. The molecular weight excluding hydrogens is 303 g/mol. The molecule has 0 aliphatic heterocycles. The summed E-state index contributed by atoms with van der Waals surface area (Å²) in [5.74, 6) is -2.04. The van der Waals surface area contributed by atoms with Gasteiger partial charge in [-0.2, -0.15) is 0 Å². The Hall–Kier alpha value is -0.448. The number of hydrogen-bond acceptors (Lipinski definition) is 5. The monoisotopic (exact) mass is 334 g/mol. The molecule has 0 aromatic rings. The fraction of sp³-hybridized carbons (Fsp3) is 0.867. The second-order valence-corrected chi connectivity index (χ2v) is 5.72. The van der Waals surface area contributed by atoms with Crippen LogP contribution >= 0.6 is 0 Å². The van der Waals surface area contributed by atoms with Crippen molar-refractivity contribution >= 4 is 29.1 Å². The van der Waals surface area contributed by atoms with Crippen LogP contribution in [0.1, 0.15) is 54.9 Å². The van der Waals surface area contributed by atoms with Gasteiger partial charge in [0.25, 0.3) is 0 Å². The molecule has 22 heavy (non-hydrogen) atoms. The van der Waals surface area contributed by atoms with Gasteiger partial charge >= 0.3 is 5.97 Å². The summed E-state index contributed by atoms with van der Waals surface area (Å²) < 4.78 is 16.3. The zero-order valence-electron chi connectivity index (χ0n) is 14.0. The van der Waals surface area contributed by atoms with Gasteiger partial charge in [0.15, 0.2) is 17.4 Å². The fourth-order valence-electron chi connectivity index (χ4n) is 1.87. The Balaban J connectivity index is 0. The fourth-order valence-corrected chi connectivity index (χ4v) is 1.87. The van der Waals surface area contributed by atoms with E-state index in [2.05, 4.69) is 0 Å². The number of hydrogen-bond donors (Lipinski definition) is 1. The SMILES string of the molecule is CCC(OC(C)C)(C(=O)O)C(=O)C(OC(C)C)OC(C)C.[AlH3]. The lowest BCUT2D eigenvalue weighted by atomic mass is 9.93. The van der Waals surface area contributed by atoms with Crippen molar-refractivity contribution in [3.8, 4) is 0 Å². The number of ether oxygens (including phenoxy) is 3. The molecule has 0 fully saturated rings. The molecule has 0 saturated carbocycles. The topological polar surface area (TPSA) is 82.1 Å². The Kier molecular flexibility index (Phi) is 11.2. The average Bonchev–Trinajstić information content (AvgIpc) is 2.32. The highest BCUT2D eigenvalue weighted by Gasteiger charge is 2.50. The third-order valence-corrected chi connectivity index (χ3v) is 2.68. The van der Waals surface area contributed by atoms with E-state index >= 15 is 0 Å². The number of carbonyl (C=O) groups excluding carboxylic acids is 1. The molecule has 0 heterocycles. The van der Waals surface area contributed by atoms with Gasteiger partial charge in [-0.3, -0.25) is 4.79 Å². The van der Waals surface area contributed by atoms with Crippen LogP contribution in [0.3, 0.4) is 0 Å². The van der Waals surface area contributed by atoms with Crippen LogP contribution in [-0.4, -0.2) is 64.4 Å². The smallest absolute Gasteiger partial charge is 0.344 e. The Morgan fingerprint density at radius 3 is 1.59 bits per heavy atom. The van der Waals surface area contributed by atoms with Crippen molar-refractivity contribution in [2.45, 2.75) is 85.1 Å². The van der Waals surface area contributed by atoms with E-state index in [1.807, 2.05) is 0 Å². The van der Waals surface area contributed by atoms with Gasteiger partial charge in [-0.05, 0) is 48.0 Å². The van der Waals surface area contributed by atoms with E-state index in [-0.39, 0.29) is 36.0 Å². The van der Waals surface area contributed by atoms with Crippen LogP contribution in [0.25, 0.3) is 0 Å². The van der Waals surface area contributed by atoms with Crippen LogP contribution in [0.5, 0.6) is 0 Å². The maximum atomic E-state index is 12.7. The van der Waals surface area contributed by atoms with Crippen LogP contribution in [0.4, 0.5) is 0 Å². The number of carbonyl (C=O) groups is 2. The lowest BCUT2D eigenvalue weighted by Crippen LogP contribution is -2.56. The summed E-state index contributed by atoms with van der Waals surface area (Å²) in [6, 6.07) is 0. The first kappa shape index (κ1) is 23.8. The van der Waals surface area contributed by atoms with Gasteiger partial charge in [-0.1, -0.05) is 6.92 Å². The number of carboxylic acids is 1. The van der Waals surface area contributed by atoms with Crippen molar-refractivity contribution in [2.75, 3.05) is 0 Å². The van der Waals surface area contributed by atoms with Gasteiger partial charge in [-0.15, -0.1) is 0 Å². The number of aliphatic carboxylic acids is 1.